The molecule has 2 aliphatic rings. The second-order valence-corrected chi connectivity index (χ2v) is 5.74. The number of hydrogen-bond acceptors (Lipinski definition) is 6. The van der Waals surface area contributed by atoms with E-state index in [4.69, 9.17) is 4.74 Å². The lowest BCUT2D eigenvalue weighted by Crippen LogP contribution is -2.41. The molecule has 8 heteroatoms. The van der Waals surface area contributed by atoms with Gasteiger partial charge < -0.3 is 4.74 Å². The molecule has 1 aromatic carbocycles. The minimum absolute atomic E-state index is 0.0767. The molecule has 0 bridgehead atoms. The van der Waals surface area contributed by atoms with Crippen LogP contribution in [0.25, 0.3) is 0 Å². The first kappa shape index (κ1) is 16.8. The molecule has 1 saturated heterocycles. The first-order valence-corrected chi connectivity index (χ1v) is 7.90. The van der Waals surface area contributed by atoms with Gasteiger partial charge in [-0.2, -0.15) is 5.10 Å². The second kappa shape index (κ2) is 6.46. The van der Waals surface area contributed by atoms with Gasteiger partial charge in [0.05, 0.1) is 13.2 Å². The van der Waals surface area contributed by atoms with Crippen molar-refractivity contribution in [2.75, 3.05) is 6.61 Å². The standard InChI is InChI=1S/C17H17N3O5/c1-3-25-17(24)13-12-14(20(18-13)10(2)21)16(23)19(15(12)22)9-11-7-5-4-6-8-11/h4-8,12,14H,3,9H2,1-2H3/t12-,14-/m0/s1. The maximum Gasteiger partial charge on any atom is 0.355 e. The summed E-state index contributed by atoms with van der Waals surface area (Å²) in [5, 5.41) is 4.80. The summed E-state index contributed by atoms with van der Waals surface area (Å²) in [5.74, 6) is -3.51. The average molecular weight is 343 g/mol. The van der Waals surface area contributed by atoms with Crippen molar-refractivity contribution in [2.24, 2.45) is 11.0 Å². The molecule has 8 nitrogen and oxygen atoms in total. The van der Waals surface area contributed by atoms with Crippen molar-refractivity contribution in [3.8, 4) is 0 Å². The Balaban J connectivity index is 1.93. The molecule has 0 aromatic heterocycles. The summed E-state index contributed by atoms with van der Waals surface area (Å²) in [6.07, 6.45) is 0. The van der Waals surface area contributed by atoms with Crippen LogP contribution in [0.3, 0.4) is 0 Å². The summed E-state index contributed by atoms with van der Waals surface area (Å²) in [4.78, 5) is 50.5. The van der Waals surface area contributed by atoms with Crippen molar-refractivity contribution in [2.45, 2.75) is 26.4 Å². The molecule has 0 unspecified atom stereocenters. The Hall–Kier alpha value is -3.03. The smallest absolute Gasteiger partial charge is 0.355 e. The molecule has 0 spiro atoms. The number of carbonyl (C=O) groups excluding carboxylic acids is 4. The van der Waals surface area contributed by atoms with E-state index in [1.54, 1.807) is 31.2 Å². The molecule has 25 heavy (non-hydrogen) atoms. The summed E-state index contributed by atoms with van der Waals surface area (Å²) in [6, 6.07) is 7.89. The van der Waals surface area contributed by atoms with Crippen LogP contribution < -0.4 is 0 Å². The lowest BCUT2D eigenvalue weighted by atomic mass is 9.98. The number of nitrogens with zero attached hydrogens (tertiary/aromatic N) is 3. The fraction of sp³-hybridized carbons (Fsp3) is 0.353. The van der Waals surface area contributed by atoms with E-state index in [1.807, 2.05) is 6.07 Å². The fourth-order valence-corrected chi connectivity index (χ4v) is 3.03. The zero-order valence-electron chi connectivity index (χ0n) is 13.8. The lowest BCUT2D eigenvalue weighted by molar-refractivity contribution is -0.144. The highest BCUT2D eigenvalue weighted by atomic mass is 16.5. The van der Waals surface area contributed by atoms with Crippen molar-refractivity contribution in [1.29, 1.82) is 0 Å². The number of amides is 3. The summed E-state index contributed by atoms with van der Waals surface area (Å²) in [7, 11) is 0. The summed E-state index contributed by atoms with van der Waals surface area (Å²) in [6.45, 7) is 3.03. The number of fused-ring (bicyclic) bond motifs is 1. The molecular weight excluding hydrogens is 326 g/mol. The minimum atomic E-state index is -1.12. The summed E-state index contributed by atoms with van der Waals surface area (Å²) >= 11 is 0. The number of imide groups is 1. The number of likely N-dealkylation sites (tertiary alicyclic amines) is 1. The third-order valence-electron chi connectivity index (χ3n) is 4.13. The Labute approximate surface area is 144 Å². The zero-order valence-corrected chi connectivity index (χ0v) is 13.8. The van der Waals surface area contributed by atoms with Crippen LogP contribution in [0, 0.1) is 5.92 Å². The van der Waals surface area contributed by atoms with Crippen LogP contribution in [0.15, 0.2) is 35.4 Å². The summed E-state index contributed by atoms with van der Waals surface area (Å²) < 4.78 is 4.91. The van der Waals surface area contributed by atoms with E-state index in [1.165, 1.54) is 6.92 Å². The van der Waals surface area contributed by atoms with Crippen LogP contribution in [0.2, 0.25) is 0 Å². The molecule has 0 radical (unpaired) electrons. The molecule has 130 valence electrons. The highest BCUT2D eigenvalue weighted by Gasteiger charge is 2.59. The molecule has 2 aliphatic heterocycles. The van der Waals surface area contributed by atoms with Gasteiger partial charge in [-0.15, -0.1) is 0 Å². The Morgan fingerprint density at radius 3 is 2.44 bits per heavy atom. The van der Waals surface area contributed by atoms with Crippen molar-refractivity contribution < 1.29 is 23.9 Å². The average Bonchev–Trinajstić information content (AvgIpc) is 3.09. The van der Waals surface area contributed by atoms with Gasteiger partial charge in [0.2, 0.25) is 11.8 Å². The monoisotopic (exact) mass is 343 g/mol. The van der Waals surface area contributed by atoms with Gasteiger partial charge in [0, 0.05) is 6.92 Å². The number of ether oxygens (including phenoxy) is 1. The highest BCUT2D eigenvalue weighted by Crippen LogP contribution is 2.33. The molecule has 0 saturated carbocycles. The molecule has 3 rings (SSSR count). The largest absolute Gasteiger partial charge is 0.461 e. The molecular formula is C17H17N3O5. The SMILES string of the molecule is CCOC(=O)C1=NN(C(C)=O)[C@@H]2C(=O)N(Cc3ccccc3)C(=O)[C@@H]12. The van der Waals surface area contributed by atoms with Crippen molar-refractivity contribution in [3.05, 3.63) is 35.9 Å². The molecule has 2 atom stereocenters. The van der Waals surface area contributed by atoms with Crippen molar-refractivity contribution >= 4 is 29.4 Å². The van der Waals surface area contributed by atoms with E-state index < -0.39 is 35.7 Å². The third-order valence-corrected chi connectivity index (χ3v) is 4.13. The lowest BCUT2D eigenvalue weighted by Gasteiger charge is -2.19. The van der Waals surface area contributed by atoms with E-state index >= 15 is 0 Å². The first-order valence-electron chi connectivity index (χ1n) is 7.90. The Morgan fingerprint density at radius 1 is 1.16 bits per heavy atom. The van der Waals surface area contributed by atoms with E-state index in [2.05, 4.69) is 5.10 Å². The molecule has 1 aromatic rings. The van der Waals surface area contributed by atoms with Gasteiger partial charge in [0.15, 0.2) is 11.8 Å². The topological polar surface area (TPSA) is 96.3 Å². The first-order chi connectivity index (χ1) is 12.0. The molecule has 2 heterocycles. The van der Waals surface area contributed by atoms with Gasteiger partial charge >= 0.3 is 5.97 Å². The minimum Gasteiger partial charge on any atom is -0.461 e. The fourth-order valence-electron chi connectivity index (χ4n) is 3.03. The van der Waals surface area contributed by atoms with Crippen LogP contribution in [-0.2, 0) is 30.5 Å². The Kier molecular flexibility index (Phi) is 4.35. The van der Waals surface area contributed by atoms with Gasteiger partial charge in [-0.05, 0) is 12.5 Å². The zero-order chi connectivity index (χ0) is 18.1. The van der Waals surface area contributed by atoms with E-state index in [0.717, 1.165) is 15.5 Å². The van der Waals surface area contributed by atoms with Crippen LogP contribution in [0.4, 0.5) is 0 Å². The van der Waals surface area contributed by atoms with E-state index in [9.17, 15) is 19.2 Å². The van der Waals surface area contributed by atoms with Gasteiger partial charge in [-0.25, -0.2) is 9.80 Å². The number of carbonyl (C=O) groups is 4. The maximum absolute atomic E-state index is 12.8. The highest BCUT2D eigenvalue weighted by molar-refractivity contribution is 6.44. The van der Waals surface area contributed by atoms with Crippen LogP contribution in [0.1, 0.15) is 19.4 Å². The second-order valence-electron chi connectivity index (χ2n) is 5.74. The Bertz CT molecular complexity index is 774. The van der Waals surface area contributed by atoms with Gasteiger partial charge in [-0.3, -0.25) is 19.3 Å². The summed E-state index contributed by atoms with van der Waals surface area (Å²) in [5.41, 5.74) is 0.573. The quantitative estimate of drug-likeness (QED) is 0.579. The van der Waals surface area contributed by atoms with Crippen LogP contribution >= 0.6 is 0 Å². The van der Waals surface area contributed by atoms with Gasteiger partial charge in [-0.1, -0.05) is 30.3 Å². The molecule has 0 aliphatic carbocycles. The van der Waals surface area contributed by atoms with Crippen LogP contribution in [-0.4, -0.2) is 52.0 Å². The predicted octanol–water partition coefficient (Wildman–Crippen LogP) is 0.321. The number of hydrogen-bond donors (Lipinski definition) is 0. The van der Waals surface area contributed by atoms with Crippen molar-refractivity contribution in [1.82, 2.24) is 9.91 Å². The molecule has 1 fully saturated rings. The van der Waals surface area contributed by atoms with E-state index in [-0.39, 0.29) is 18.9 Å². The normalized spacial score (nSPS) is 22.1. The van der Waals surface area contributed by atoms with Crippen LogP contribution in [0.5, 0.6) is 0 Å². The van der Waals surface area contributed by atoms with Gasteiger partial charge in [0.25, 0.3) is 5.91 Å². The van der Waals surface area contributed by atoms with E-state index in [0.29, 0.717) is 0 Å². The van der Waals surface area contributed by atoms with Gasteiger partial charge in [0.1, 0.15) is 5.92 Å². The number of hydrazone groups is 1. The van der Waals surface area contributed by atoms with Crippen molar-refractivity contribution in [3.63, 3.8) is 0 Å². The predicted molar refractivity (Wildman–Crippen MR) is 85.9 cm³/mol. The number of esters is 1. The molecule has 0 N–H and O–H groups in total. The number of benzene rings is 1. The molecule has 3 amide bonds. The Morgan fingerprint density at radius 2 is 1.84 bits per heavy atom. The number of rotatable bonds is 4. The maximum atomic E-state index is 12.8. The third kappa shape index (κ3) is 2.79.